The van der Waals surface area contributed by atoms with Crippen LogP contribution in [0.25, 0.3) is 0 Å². The van der Waals surface area contributed by atoms with Crippen molar-refractivity contribution in [2.45, 2.75) is 13.8 Å². The molecule has 1 aliphatic rings. The lowest BCUT2D eigenvalue weighted by atomic mass is 9.95. The molecule has 148 valence electrons. The molecule has 2 aromatic carbocycles. The molecule has 1 aliphatic heterocycles. The molecule has 2 aromatic rings. The fourth-order valence-electron chi connectivity index (χ4n) is 3.06. The molecule has 0 unspecified atom stereocenters. The summed E-state index contributed by atoms with van der Waals surface area (Å²) in [5.41, 5.74) is 1.31. The number of amides is 2. The Bertz CT molecular complexity index is 1010. The van der Waals surface area contributed by atoms with Crippen molar-refractivity contribution in [1.82, 2.24) is 0 Å². The Hall–Kier alpha value is -2.87. The van der Waals surface area contributed by atoms with E-state index in [1.807, 2.05) is 31.1 Å². The van der Waals surface area contributed by atoms with Gasteiger partial charge in [-0.05, 0) is 62.4 Å². The molecule has 0 aliphatic carbocycles. The van der Waals surface area contributed by atoms with Crippen LogP contribution in [0.4, 0.5) is 17.1 Å². The summed E-state index contributed by atoms with van der Waals surface area (Å²) in [5, 5.41) is 2.80. The molecule has 0 saturated carbocycles. The summed E-state index contributed by atoms with van der Waals surface area (Å²) in [6, 6.07) is 13.4. The van der Waals surface area contributed by atoms with Crippen LogP contribution in [0.1, 0.15) is 24.2 Å². The van der Waals surface area contributed by atoms with Gasteiger partial charge in [0.1, 0.15) is 0 Å². The van der Waals surface area contributed by atoms with Gasteiger partial charge in [-0.1, -0.05) is 0 Å². The topological polar surface area (TPSA) is 86.8 Å². The van der Waals surface area contributed by atoms with Crippen LogP contribution in [0.3, 0.4) is 0 Å². The maximum Gasteiger partial charge on any atom is 0.255 e. The van der Waals surface area contributed by atoms with Crippen LogP contribution in [-0.2, 0) is 14.8 Å². The number of nitrogens with zero attached hydrogens (tertiary/aromatic N) is 2. The molecule has 28 heavy (non-hydrogen) atoms. The van der Waals surface area contributed by atoms with Gasteiger partial charge in [0.15, 0.2) is 0 Å². The first-order chi connectivity index (χ1) is 13.0. The van der Waals surface area contributed by atoms with Crippen molar-refractivity contribution in [1.29, 1.82) is 0 Å². The summed E-state index contributed by atoms with van der Waals surface area (Å²) in [6.45, 7) is 3.21. The largest absolute Gasteiger partial charge is 0.378 e. The number of rotatable bonds is 4. The molecule has 1 N–H and O–H groups in total. The molecule has 1 fully saturated rings. The second-order valence-corrected chi connectivity index (χ2v) is 9.47. The highest BCUT2D eigenvalue weighted by atomic mass is 32.2. The number of benzene rings is 2. The summed E-state index contributed by atoms with van der Waals surface area (Å²) in [6.07, 6.45) is 0. The predicted octanol–water partition coefficient (Wildman–Crippen LogP) is 2.71. The van der Waals surface area contributed by atoms with E-state index < -0.39 is 21.3 Å². The zero-order chi connectivity index (χ0) is 20.7. The number of nitrogens with one attached hydrogen (secondary N) is 1. The molecule has 0 bridgehead atoms. The summed E-state index contributed by atoms with van der Waals surface area (Å²) in [4.78, 5) is 26.8. The third-order valence-corrected chi connectivity index (χ3v) is 6.61. The maximum absolute atomic E-state index is 12.4. The Labute approximate surface area is 165 Å². The SMILES string of the molecule is CN(C)c1ccc(NC(=O)c2ccc(N3C(=O)C(C)(C)CS3(=O)=O)cc2)cc1. The van der Waals surface area contributed by atoms with Gasteiger partial charge >= 0.3 is 0 Å². The van der Waals surface area contributed by atoms with Gasteiger partial charge in [0, 0.05) is 31.0 Å². The summed E-state index contributed by atoms with van der Waals surface area (Å²) >= 11 is 0. The third-order valence-electron chi connectivity index (χ3n) is 4.59. The van der Waals surface area contributed by atoms with Crippen molar-refractivity contribution >= 4 is 38.9 Å². The highest BCUT2D eigenvalue weighted by Crippen LogP contribution is 2.35. The van der Waals surface area contributed by atoms with Crippen molar-refractivity contribution in [3.63, 3.8) is 0 Å². The lowest BCUT2D eigenvalue weighted by molar-refractivity contribution is -0.123. The van der Waals surface area contributed by atoms with Crippen LogP contribution in [0.5, 0.6) is 0 Å². The van der Waals surface area contributed by atoms with Crippen molar-refractivity contribution in [2.75, 3.05) is 34.4 Å². The van der Waals surface area contributed by atoms with Crippen molar-refractivity contribution in [3.8, 4) is 0 Å². The van der Waals surface area contributed by atoms with Gasteiger partial charge in [0.2, 0.25) is 15.9 Å². The van der Waals surface area contributed by atoms with Gasteiger partial charge in [-0.15, -0.1) is 0 Å². The van der Waals surface area contributed by atoms with Crippen LogP contribution in [0, 0.1) is 5.41 Å². The molecule has 1 saturated heterocycles. The van der Waals surface area contributed by atoms with Crippen molar-refractivity contribution in [2.24, 2.45) is 5.41 Å². The van der Waals surface area contributed by atoms with Crippen LogP contribution >= 0.6 is 0 Å². The van der Waals surface area contributed by atoms with Gasteiger partial charge in [-0.2, -0.15) is 0 Å². The second-order valence-electron chi connectivity index (χ2n) is 7.65. The van der Waals surface area contributed by atoms with E-state index in [-0.39, 0.29) is 17.3 Å². The van der Waals surface area contributed by atoms with Crippen molar-refractivity contribution in [3.05, 3.63) is 54.1 Å². The lowest BCUT2D eigenvalue weighted by Gasteiger charge is -2.17. The average Bonchev–Trinajstić information content (AvgIpc) is 2.78. The summed E-state index contributed by atoms with van der Waals surface area (Å²) in [5.74, 6) is -1.02. The van der Waals surface area contributed by atoms with E-state index in [4.69, 9.17) is 0 Å². The zero-order valence-electron chi connectivity index (χ0n) is 16.3. The molecule has 2 amide bonds. The monoisotopic (exact) mass is 401 g/mol. The molecule has 8 heteroatoms. The fraction of sp³-hybridized carbons (Fsp3) is 0.300. The van der Waals surface area contributed by atoms with Crippen LogP contribution in [0.2, 0.25) is 0 Å². The average molecular weight is 401 g/mol. The van der Waals surface area contributed by atoms with E-state index in [1.54, 1.807) is 26.0 Å². The molecule has 0 radical (unpaired) electrons. The van der Waals surface area contributed by atoms with E-state index in [1.165, 1.54) is 24.3 Å². The zero-order valence-corrected chi connectivity index (χ0v) is 17.1. The number of sulfonamides is 1. The Morgan fingerprint density at radius 3 is 2.07 bits per heavy atom. The summed E-state index contributed by atoms with van der Waals surface area (Å²) in [7, 11) is 0.154. The van der Waals surface area contributed by atoms with E-state index in [9.17, 15) is 18.0 Å². The normalized spacial score (nSPS) is 17.4. The summed E-state index contributed by atoms with van der Waals surface area (Å²) < 4.78 is 25.5. The quantitative estimate of drug-likeness (QED) is 0.851. The first-order valence-electron chi connectivity index (χ1n) is 8.77. The smallest absolute Gasteiger partial charge is 0.255 e. The molecule has 0 spiro atoms. The van der Waals surface area contributed by atoms with Crippen LogP contribution in [-0.4, -0.2) is 40.1 Å². The third kappa shape index (κ3) is 3.73. The molecule has 1 heterocycles. The van der Waals surface area contributed by atoms with Gasteiger partial charge in [-0.25, -0.2) is 12.7 Å². The minimum atomic E-state index is -3.71. The Morgan fingerprint density at radius 2 is 1.61 bits per heavy atom. The Balaban J connectivity index is 1.77. The predicted molar refractivity (Wildman–Crippen MR) is 110 cm³/mol. The number of hydrogen-bond donors (Lipinski definition) is 1. The first kappa shape index (κ1) is 19.9. The molecule has 0 aromatic heterocycles. The lowest BCUT2D eigenvalue weighted by Crippen LogP contribution is -2.32. The molecular weight excluding hydrogens is 378 g/mol. The minimum Gasteiger partial charge on any atom is -0.378 e. The van der Waals surface area contributed by atoms with Crippen LogP contribution < -0.4 is 14.5 Å². The number of carbonyl (C=O) groups is 2. The van der Waals surface area contributed by atoms with Gasteiger partial charge in [-0.3, -0.25) is 9.59 Å². The van der Waals surface area contributed by atoms with Gasteiger partial charge in [0.05, 0.1) is 16.9 Å². The fourth-order valence-corrected chi connectivity index (χ4v) is 5.16. The Kier molecular flexibility index (Phi) is 4.93. The van der Waals surface area contributed by atoms with Crippen LogP contribution in [0.15, 0.2) is 48.5 Å². The first-order valence-corrected chi connectivity index (χ1v) is 10.4. The number of anilines is 3. The van der Waals surface area contributed by atoms with Gasteiger partial charge < -0.3 is 10.2 Å². The highest BCUT2D eigenvalue weighted by molar-refractivity contribution is 7.94. The standard InChI is InChI=1S/C20H23N3O4S/c1-20(2)13-28(26,27)23(19(20)25)17-9-5-14(6-10-17)18(24)21-15-7-11-16(12-8-15)22(3)4/h5-12H,13H2,1-4H3,(H,21,24). The highest BCUT2D eigenvalue weighted by Gasteiger charge is 2.49. The molecule has 7 nitrogen and oxygen atoms in total. The Morgan fingerprint density at radius 1 is 1.04 bits per heavy atom. The van der Waals surface area contributed by atoms with Crippen molar-refractivity contribution < 1.29 is 18.0 Å². The number of hydrogen-bond acceptors (Lipinski definition) is 5. The van der Waals surface area contributed by atoms with Gasteiger partial charge in [0.25, 0.3) is 5.91 Å². The second kappa shape index (κ2) is 6.94. The minimum absolute atomic E-state index is 0.232. The van der Waals surface area contributed by atoms with E-state index in [2.05, 4.69) is 5.32 Å². The molecular formula is C20H23N3O4S. The maximum atomic E-state index is 12.4. The molecule has 3 rings (SSSR count). The molecule has 0 atom stereocenters. The van der Waals surface area contributed by atoms with E-state index >= 15 is 0 Å². The number of carbonyl (C=O) groups excluding carboxylic acids is 2. The van der Waals surface area contributed by atoms with E-state index in [0.717, 1.165) is 9.99 Å². The van der Waals surface area contributed by atoms with E-state index in [0.29, 0.717) is 11.3 Å².